The number of fused-ring (bicyclic) bond motifs is 1. The van der Waals surface area contributed by atoms with Gasteiger partial charge in [0.25, 0.3) is 5.91 Å². The lowest BCUT2D eigenvalue weighted by Gasteiger charge is -2.16. The van der Waals surface area contributed by atoms with E-state index in [0.717, 1.165) is 16.3 Å². The van der Waals surface area contributed by atoms with Gasteiger partial charge in [-0.25, -0.2) is 5.43 Å². The fraction of sp³-hybridized carbons (Fsp3) is 0.280. The standard InChI is InChI=1S/C25H28N2O4/c1-5-29-22-15-21(16-23(30-6-2)24(22)31-7-3)25(28)27-26-17(4)19-13-12-18-10-8-9-11-20(18)14-19/h8-16H,5-7H2,1-4H3,(H,27,28). The van der Waals surface area contributed by atoms with Gasteiger partial charge in [0.2, 0.25) is 5.75 Å². The molecule has 1 N–H and O–H groups in total. The van der Waals surface area contributed by atoms with Crippen molar-refractivity contribution in [3.05, 3.63) is 65.7 Å². The first kappa shape index (κ1) is 22.2. The van der Waals surface area contributed by atoms with Crippen molar-refractivity contribution in [2.45, 2.75) is 27.7 Å². The van der Waals surface area contributed by atoms with E-state index < -0.39 is 0 Å². The molecule has 0 fully saturated rings. The number of amides is 1. The van der Waals surface area contributed by atoms with Crippen LogP contribution in [0, 0.1) is 0 Å². The molecule has 6 heteroatoms. The lowest BCUT2D eigenvalue weighted by atomic mass is 10.0. The zero-order valence-corrected chi connectivity index (χ0v) is 18.4. The molecule has 162 valence electrons. The van der Waals surface area contributed by atoms with Gasteiger partial charge in [-0.2, -0.15) is 5.10 Å². The van der Waals surface area contributed by atoms with Gasteiger partial charge in [-0.15, -0.1) is 0 Å². The number of hydrazone groups is 1. The molecule has 0 heterocycles. The minimum atomic E-state index is -0.356. The molecule has 0 radical (unpaired) electrons. The van der Waals surface area contributed by atoms with Crippen molar-refractivity contribution in [3.63, 3.8) is 0 Å². The second-order valence-corrected chi connectivity index (χ2v) is 6.80. The van der Waals surface area contributed by atoms with Gasteiger partial charge in [0.05, 0.1) is 25.5 Å². The van der Waals surface area contributed by atoms with E-state index >= 15 is 0 Å². The highest BCUT2D eigenvalue weighted by Gasteiger charge is 2.18. The third kappa shape index (κ3) is 5.34. The monoisotopic (exact) mass is 420 g/mol. The van der Waals surface area contributed by atoms with Crippen LogP contribution in [0.15, 0.2) is 59.7 Å². The molecule has 0 aliphatic heterocycles. The fourth-order valence-electron chi connectivity index (χ4n) is 3.20. The van der Waals surface area contributed by atoms with Gasteiger partial charge >= 0.3 is 0 Å². The average molecular weight is 421 g/mol. The normalized spacial score (nSPS) is 11.3. The van der Waals surface area contributed by atoms with Crippen LogP contribution in [0.4, 0.5) is 0 Å². The topological polar surface area (TPSA) is 69.2 Å². The SMILES string of the molecule is CCOc1cc(C(=O)NN=C(C)c2ccc3ccccc3c2)cc(OCC)c1OCC. The van der Waals surface area contributed by atoms with Crippen LogP contribution in [0.25, 0.3) is 10.8 Å². The van der Waals surface area contributed by atoms with E-state index in [9.17, 15) is 4.79 Å². The summed E-state index contributed by atoms with van der Waals surface area (Å²) in [7, 11) is 0. The highest BCUT2D eigenvalue weighted by atomic mass is 16.5. The van der Waals surface area contributed by atoms with Crippen molar-refractivity contribution in [2.24, 2.45) is 5.10 Å². The summed E-state index contributed by atoms with van der Waals surface area (Å²) >= 11 is 0. The van der Waals surface area contributed by atoms with Gasteiger partial charge in [0.15, 0.2) is 11.5 Å². The molecule has 3 aromatic carbocycles. The Morgan fingerprint density at radius 3 is 2.03 bits per heavy atom. The number of ether oxygens (including phenoxy) is 3. The van der Waals surface area contributed by atoms with Crippen LogP contribution < -0.4 is 19.6 Å². The second kappa shape index (κ2) is 10.5. The van der Waals surface area contributed by atoms with Gasteiger partial charge in [0.1, 0.15) is 0 Å². The highest BCUT2D eigenvalue weighted by molar-refractivity contribution is 6.03. The Kier molecular flexibility index (Phi) is 7.49. The lowest BCUT2D eigenvalue weighted by molar-refractivity contribution is 0.0953. The van der Waals surface area contributed by atoms with Crippen molar-refractivity contribution < 1.29 is 19.0 Å². The van der Waals surface area contributed by atoms with Crippen LogP contribution in [0.1, 0.15) is 43.6 Å². The molecule has 0 saturated carbocycles. The van der Waals surface area contributed by atoms with Crippen molar-refractivity contribution in [1.29, 1.82) is 0 Å². The van der Waals surface area contributed by atoms with E-state index in [0.29, 0.717) is 48.3 Å². The maximum Gasteiger partial charge on any atom is 0.271 e. The maximum atomic E-state index is 12.8. The Labute approximate surface area is 182 Å². The molecule has 31 heavy (non-hydrogen) atoms. The predicted molar refractivity (Wildman–Crippen MR) is 124 cm³/mol. The molecule has 0 saturated heterocycles. The Bertz CT molecular complexity index is 1060. The molecule has 0 aliphatic carbocycles. The molecule has 0 atom stereocenters. The Balaban J connectivity index is 1.85. The molecule has 0 spiro atoms. The van der Waals surface area contributed by atoms with Gasteiger partial charge in [0, 0.05) is 5.56 Å². The van der Waals surface area contributed by atoms with Gasteiger partial charge in [-0.05, 0) is 62.2 Å². The molecular formula is C25H28N2O4. The molecule has 6 nitrogen and oxygen atoms in total. The van der Waals surface area contributed by atoms with Crippen LogP contribution in [0.2, 0.25) is 0 Å². The molecule has 0 aliphatic rings. The number of rotatable bonds is 9. The number of nitrogens with zero attached hydrogens (tertiary/aromatic N) is 1. The summed E-state index contributed by atoms with van der Waals surface area (Å²) in [6.07, 6.45) is 0. The first-order chi connectivity index (χ1) is 15.1. The van der Waals surface area contributed by atoms with E-state index in [4.69, 9.17) is 14.2 Å². The molecule has 3 rings (SSSR count). The largest absolute Gasteiger partial charge is 0.490 e. The van der Waals surface area contributed by atoms with E-state index in [1.807, 2.05) is 52.0 Å². The summed E-state index contributed by atoms with van der Waals surface area (Å²) in [5.41, 5.74) is 4.66. The second-order valence-electron chi connectivity index (χ2n) is 6.80. The van der Waals surface area contributed by atoms with E-state index in [2.05, 4.69) is 28.7 Å². The first-order valence-electron chi connectivity index (χ1n) is 10.5. The number of carbonyl (C=O) groups excluding carboxylic acids is 1. The molecule has 3 aromatic rings. The third-order valence-corrected chi connectivity index (χ3v) is 4.66. The summed E-state index contributed by atoms with van der Waals surface area (Å²) in [5.74, 6) is 1.08. The molecule has 1 amide bonds. The smallest absolute Gasteiger partial charge is 0.271 e. The lowest BCUT2D eigenvalue weighted by Crippen LogP contribution is -2.20. The van der Waals surface area contributed by atoms with E-state index in [-0.39, 0.29) is 5.91 Å². The van der Waals surface area contributed by atoms with Crippen LogP contribution >= 0.6 is 0 Å². The number of carbonyl (C=O) groups is 1. The van der Waals surface area contributed by atoms with Crippen molar-refractivity contribution in [2.75, 3.05) is 19.8 Å². The van der Waals surface area contributed by atoms with Crippen molar-refractivity contribution >= 4 is 22.4 Å². The molecule has 0 unspecified atom stereocenters. The zero-order valence-electron chi connectivity index (χ0n) is 18.4. The minimum absolute atomic E-state index is 0.356. The van der Waals surface area contributed by atoms with Crippen LogP contribution in [-0.4, -0.2) is 31.4 Å². The Morgan fingerprint density at radius 2 is 1.42 bits per heavy atom. The number of hydrogen-bond donors (Lipinski definition) is 1. The van der Waals surface area contributed by atoms with E-state index in [1.165, 1.54) is 0 Å². The van der Waals surface area contributed by atoms with Gasteiger partial charge in [-0.3, -0.25) is 4.79 Å². The Hall–Kier alpha value is -3.54. The summed E-state index contributed by atoms with van der Waals surface area (Å²) in [6.45, 7) is 8.84. The zero-order chi connectivity index (χ0) is 22.2. The van der Waals surface area contributed by atoms with Crippen molar-refractivity contribution in [3.8, 4) is 17.2 Å². The summed E-state index contributed by atoms with van der Waals surface area (Å²) in [5, 5.41) is 6.57. The number of nitrogens with one attached hydrogen (secondary N) is 1. The van der Waals surface area contributed by atoms with Crippen LogP contribution in [0.5, 0.6) is 17.2 Å². The summed E-state index contributed by atoms with van der Waals surface area (Å²) in [6, 6.07) is 17.5. The summed E-state index contributed by atoms with van der Waals surface area (Å²) in [4.78, 5) is 12.8. The average Bonchev–Trinajstić information content (AvgIpc) is 2.79. The highest BCUT2D eigenvalue weighted by Crippen LogP contribution is 2.39. The number of hydrogen-bond acceptors (Lipinski definition) is 5. The molecule has 0 aromatic heterocycles. The van der Waals surface area contributed by atoms with Crippen molar-refractivity contribution in [1.82, 2.24) is 5.43 Å². The molecule has 0 bridgehead atoms. The first-order valence-corrected chi connectivity index (χ1v) is 10.5. The van der Waals surface area contributed by atoms with Gasteiger partial charge in [-0.1, -0.05) is 36.4 Å². The van der Waals surface area contributed by atoms with E-state index in [1.54, 1.807) is 12.1 Å². The predicted octanol–water partition coefficient (Wildman–Crippen LogP) is 5.19. The minimum Gasteiger partial charge on any atom is -0.490 e. The Morgan fingerprint density at radius 1 is 0.806 bits per heavy atom. The van der Waals surface area contributed by atoms with Crippen LogP contribution in [-0.2, 0) is 0 Å². The quantitative estimate of drug-likeness (QED) is 0.382. The molecular weight excluding hydrogens is 392 g/mol. The van der Waals surface area contributed by atoms with Gasteiger partial charge < -0.3 is 14.2 Å². The van der Waals surface area contributed by atoms with Crippen LogP contribution in [0.3, 0.4) is 0 Å². The third-order valence-electron chi connectivity index (χ3n) is 4.66. The number of benzene rings is 3. The fourth-order valence-corrected chi connectivity index (χ4v) is 3.20. The maximum absolute atomic E-state index is 12.8. The summed E-state index contributed by atoms with van der Waals surface area (Å²) < 4.78 is 17.1.